The Balaban J connectivity index is 2.49. The van der Waals surface area contributed by atoms with Gasteiger partial charge in [-0.2, -0.15) is 0 Å². The first-order chi connectivity index (χ1) is 16.2. The number of aliphatic hydroxyl groups is 1. The second-order valence-electron chi connectivity index (χ2n) is 9.38. The molecule has 35 heavy (non-hydrogen) atoms. The quantitative estimate of drug-likeness (QED) is 0.295. The van der Waals surface area contributed by atoms with E-state index in [0.29, 0.717) is 12.8 Å². The normalized spacial score (nSPS) is 32.9. The molecule has 0 aromatic carbocycles. The SMILES string of the molecule is CC(=O)OC[C@H]1O[C@@H](O[C@H]2C=C(C(C)C)CC[C@]2(C)O)[C@H](OC(C)=O)[C@H](OC(C)=O)[C@@H]1OC(C)=O. The average molecular weight is 501 g/mol. The summed E-state index contributed by atoms with van der Waals surface area (Å²) in [5.41, 5.74) is -0.190. The first-order valence-corrected chi connectivity index (χ1v) is 11.6. The molecule has 1 fully saturated rings. The number of rotatable bonds is 8. The van der Waals surface area contributed by atoms with E-state index in [1.165, 1.54) is 6.92 Å². The molecule has 0 bridgehead atoms. The zero-order valence-electron chi connectivity index (χ0n) is 21.3. The van der Waals surface area contributed by atoms with Gasteiger partial charge in [0.1, 0.15) is 18.8 Å². The molecule has 0 amide bonds. The van der Waals surface area contributed by atoms with Crippen molar-refractivity contribution in [1.29, 1.82) is 0 Å². The topological polar surface area (TPSA) is 144 Å². The zero-order chi connectivity index (χ0) is 26.5. The van der Waals surface area contributed by atoms with Crippen LogP contribution in [0.2, 0.25) is 0 Å². The van der Waals surface area contributed by atoms with Crippen LogP contribution in [-0.2, 0) is 47.6 Å². The molecule has 0 spiro atoms. The van der Waals surface area contributed by atoms with Gasteiger partial charge in [0, 0.05) is 27.7 Å². The van der Waals surface area contributed by atoms with E-state index >= 15 is 0 Å². The number of allylic oxidation sites excluding steroid dienone is 1. The van der Waals surface area contributed by atoms with Gasteiger partial charge in [-0.15, -0.1) is 0 Å². The monoisotopic (exact) mass is 500 g/mol. The molecule has 0 radical (unpaired) electrons. The first-order valence-electron chi connectivity index (χ1n) is 11.6. The van der Waals surface area contributed by atoms with Crippen LogP contribution in [0.5, 0.6) is 0 Å². The molecule has 198 valence electrons. The first kappa shape index (κ1) is 28.7. The predicted octanol–water partition coefficient (Wildman–Crippen LogP) is 1.58. The summed E-state index contributed by atoms with van der Waals surface area (Å²) in [5, 5.41) is 11.0. The van der Waals surface area contributed by atoms with Crippen molar-refractivity contribution >= 4 is 23.9 Å². The van der Waals surface area contributed by atoms with E-state index in [1.54, 1.807) is 6.92 Å². The molecule has 0 saturated carbocycles. The molecule has 11 nitrogen and oxygen atoms in total. The molecule has 11 heteroatoms. The average Bonchev–Trinajstić information content (AvgIpc) is 2.71. The van der Waals surface area contributed by atoms with Crippen molar-refractivity contribution in [3.8, 4) is 0 Å². The minimum absolute atomic E-state index is 0.215. The molecule has 1 saturated heterocycles. The van der Waals surface area contributed by atoms with Crippen LogP contribution in [0.25, 0.3) is 0 Å². The lowest BCUT2D eigenvalue weighted by Crippen LogP contribution is -2.64. The lowest BCUT2D eigenvalue weighted by Gasteiger charge is -2.46. The van der Waals surface area contributed by atoms with Gasteiger partial charge in [0.05, 0.1) is 5.60 Å². The summed E-state index contributed by atoms with van der Waals surface area (Å²) in [7, 11) is 0. The van der Waals surface area contributed by atoms with E-state index in [1.807, 2.05) is 19.9 Å². The van der Waals surface area contributed by atoms with Gasteiger partial charge in [0.25, 0.3) is 0 Å². The highest BCUT2D eigenvalue weighted by molar-refractivity contribution is 5.68. The minimum atomic E-state index is -1.35. The zero-order valence-corrected chi connectivity index (χ0v) is 21.3. The number of carbonyl (C=O) groups excluding carboxylic acids is 4. The van der Waals surface area contributed by atoms with E-state index < -0.39 is 66.3 Å². The molecule has 1 N–H and O–H groups in total. The van der Waals surface area contributed by atoms with Gasteiger partial charge in [-0.05, 0) is 25.7 Å². The molecule has 1 aliphatic carbocycles. The lowest BCUT2D eigenvalue weighted by molar-refractivity contribution is -0.322. The van der Waals surface area contributed by atoms with Crippen LogP contribution in [0.15, 0.2) is 11.6 Å². The van der Waals surface area contributed by atoms with Gasteiger partial charge < -0.3 is 33.5 Å². The third-order valence-corrected chi connectivity index (χ3v) is 5.87. The molecule has 0 aromatic heterocycles. The molecular formula is C24H36O11. The molecular weight excluding hydrogens is 464 g/mol. The van der Waals surface area contributed by atoms with Crippen molar-refractivity contribution < 1.29 is 52.7 Å². The summed E-state index contributed by atoms with van der Waals surface area (Å²) >= 11 is 0. The summed E-state index contributed by atoms with van der Waals surface area (Å²) in [6.07, 6.45) is -4.35. The van der Waals surface area contributed by atoms with Crippen molar-refractivity contribution in [1.82, 2.24) is 0 Å². The summed E-state index contributed by atoms with van der Waals surface area (Å²) in [4.78, 5) is 47.2. The smallest absolute Gasteiger partial charge is 0.303 e. The molecule has 2 aliphatic rings. The number of ether oxygens (including phenoxy) is 6. The fraction of sp³-hybridized carbons (Fsp3) is 0.750. The highest BCUT2D eigenvalue weighted by Crippen LogP contribution is 2.36. The van der Waals surface area contributed by atoms with Gasteiger partial charge in [0.15, 0.2) is 24.6 Å². The van der Waals surface area contributed by atoms with E-state index in [2.05, 4.69) is 0 Å². The van der Waals surface area contributed by atoms with Gasteiger partial charge in [-0.25, -0.2) is 0 Å². The molecule has 7 atom stereocenters. The summed E-state index contributed by atoms with van der Waals surface area (Å²) in [5.74, 6) is -2.57. The van der Waals surface area contributed by atoms with Gasteiger partial charge in [-0.1, -0.05) is 25.5 Å². The Morgan fingerprint density at radius 3 is 2.03 bits per heavy atom. The summed E-state index contributed by atoms with van der Waals surface area (Å²) in [6.45, 7) is 9.96. The lowest BCUT2D eigenvalue weighted by atomic mass is 9.81. The Hall–Kier alpha value is -2.50. The molecule has 1 aliphatic heterocycles. The van der Waals surface area contributed by atoms with Crippen LogP contribution in [-0.4, -0.2) is 78.0 Å². The van der Waals surface area contributed by atoms with Crippen LogP contribution >= 0.6 is 0 Å². The molecule has 2 rings (SSSR count). The fourth-order valence-corrected chi connectivity index (χ4v) is 4.11. The number of hydrogen-bond acceptors (Lipinski definition) is 11. The maximum absolute atomic E-state index is 12.0. The van der Waals surface area contributed by atoms with Crippen molar-refractivity contribution in [3.05, 3.63) is 11.6 Å². The minimum Gasteiger partial charge on any atom is -0.463 e. The van der Waals surface area contributed by atoms with Crippen LogP contribution in [0.3, 0.4) is 0 Å². The molecule has 0 aromatic rings. The Morgan fingerprint density at radius 2 is 1.51 bits per heavy atom. The summed E-state index contributed by atoms with van der Waals surface area (Å²) < 4.78 is 33.4. The number of hydrogen-bond donors (Lipinski definition) is 1. The van der Waals surface area contributed by atoms with Gasteiger partial charge in [0.2, 0.25) is 0 Å². The van der Waals surface area contributed by atoms with E-state index in [9.17, 15) is 24.3 Å². The number of esters is 4. The largest absolute Gasteiger partial charge is 0.463 e. The maximum atomic E-state index is 12.0. The molecule has 0 unspecified atom stereocenters. The van der Waals surface area contributed by atoms with Crippen LogP contribution in [0.1, 0.15) is 61.3 Å². The van der Waals surface area contributed by atoms with Crippen molar-refractivity contribution in [2.45, 2.75) is 104 Å². The van der Waals surface area contributed by atoms with E-state index in [4.69, 9.17) is 28.4 Å². The molecule has 1 heterocycles. The number of carbonyl (C=O) groups is 4. The van der Waals surface area contributed by atoms with E-state index in [-0.39, 0.29) is 12.5 Å². The third-order valence-electron chi connectivity index (χ3n) is 5.87. The summed E-state index contributed by atoms with van der Waals surface area (Å²) in [6, 6.07) is 0. The Labute approximate surface area is 205 Å². The van der Waals surface area contributed by atoms with Gasteiger partial charge in [-0.3, -0.25) is 19.2 Å². The Morgan fingerprint density at radius 1 is 0.971 bits per heavy atom. The standard InChI is InChI=1S/C24H36O11/c1-12(2)17-8-9-24(7,29)19(10-17)35-23-22(33-16(6)28)21(32-15(5)27)20(31-14(4)26)18(34-23)11-30-13(3)25/h10,12,18-23,29H,8-9,11H2,1-7H3/t18-,19+,20-,21-,22-,23+,24+/m1/s1. The predicted molar refractivity (Wildman–Crippen MR) is 120 cm³/mol. The Bertz CT molecular complexity index is 831. The maximum Gasteiger partial charge on any atom is 0.303 e. The van der Waals surface area contributed by atoms with Crippen LogP contribution in [0.4, 0.5) is 0 Å². The van der Waals surface area contributed by atoms with Gasteiger partial charge >= 0.3 is 23.9 Å². The third kappa shape index (κ3) is 8.01. The Kier molecular flexibility index (Phi) is 9.82. The van der Waals surface area contributed by atoms with Crippen molar-refractivity contribution in [2.75, 3.05) is 6.61 Å². The van der Waals surface area contributed by atoms with Crippen LogP contribution < -0.4 is 0 Å². The fourth-order valence-electron chi connectivity index (χ4n) is 4.11. The van der Waals surface area contributed by atoms with Crippen molar-refractivity contribution in [2.24, 2.45) is 5.92 Å². The highest BCUT2D eigenvalue weighted by Gasteiger charge is 2.54. The second-order valence-corrected chi connectivity index (χ2v) is 9.38. The van der Waals surface area contributed by atoms with E-state index in [0.717, 1.165) is 26.3 Å². The van der Waals surface area contributed by atoms with Crippen LogP contribution in [0, 0.1) is 5.92 Å². The highest BCUT2D eigenvalue weighted by atomic mass is 16.7. The second kappa shape index (κ2) is 12.0. The van der Waals surface area contributed by atoms with Crippen molar-refractivity contribution in [3.63, 3.8) is 0 Å².